The van der Waals surface area contributed by atoms with Crippen LogP contribution in [0.15, 0.2) is 60.8 Å². The minimum atomic E-state index is -1.45. The average Bonchev–Trinajstić information content (AvgIpc) is 3.33. The van der Waals surface area contributed by atoms with E-state index in [1.807, 2.05) is 6.07 Å². The molecule has 2 aromatic carbocycles. The Morgan fingerprint density at radius 1 is 1.12 bits per heavy atom. The highest BCUT2D eigenvalue weighted by atomic mass is 16.5. The predicted molar refractivity (Wildman–Crippen MR) is 120 cm³/mol. The topological polar surface area (TPSA) is 124 Å². The highest BCUT2D eigenvalue weighted by Crippen LogP contribution is 2.33. The van der Waals surface area contributed by atoms with Crippen molar-refractivity contribution >= 4 is 17.8 Å². The zero-order valence-corrected chi connectivity index (χ0v) is 18.2. The number of aromatic nitrogens is 1. The molecule has 2 aliphatic rings. The number of fused-ring (bicyclic) bond motifs is 1. The smallest absolute Gasteiger partial charge is 0.322 e. The summed E-state index contributed by atoms with van der Waals surface area (Å²) in [5.41, 5.74) is 2.26. The summed E-state index contributed by atoms with van der Waals surface area (Å²) in [6.07, 6.45) is 1.56. The van der Waals surface area contributed by atoms with Crippen LogP contribution in [0.4, 0.5) is 4.79 Å². The lowest BCUT2D eigenvalue weighted by molar-refractivity contribution is -0.124. The van der Waals surface area contributed by atoms with Crippen molar-refractivity contribution in [2.75, 3.05) is 13.7 Å². The second-order valence-electron chi connectivity index (χ2n) is 8.12. The molecule has 2 aliphatic heterocycles. The second kappa shape index (κ2) is 8.01. The number of nitriles is 1. The molecule has 1 fully saturated rings. The maximum absolute atomic E-state index is 13.1. The number of nitrogens with one attached hydrogen (secondary N) is 2. The molecule has 3 heterocycles. The van der Waals surface area contributed by atoms with Crippen LogP contribution in [-0.4, -0.2) is 41.4 Å². The van der Waals surface area contributed by atoms with Gasteiger partial charge in [0.25, 0.3) is 11.8 Å². The van der Waals surface area contributed by atoms with Crippen molar-refractivity contribution in [3.05, 3.63) is 83.0 Å². The third-order valence-electron chi connectivity index (χ3n) is 6.13. The Bertz CT molecular complexity index is 1380. The lowest BCUT2D eigenvalue weighted by Gasteiger charge is -2.31. The first-order valence-corrected chi connectivity index (χ1v) is 10.5. The summed E-state index contributed by atoms with van der Waals surface area (Å²) in [5.74, 6) is -0.201. The monoisotopic (exact) mass is 453 g/mol. The fraction of sp³-hybridized carbons (Fsp3) is 0.160. The molecule has 168 valence electrons. The Morgan fingerprint density at radius 3 is 2.59 bits per heavy atom. The maximum atomic E-state index is 13.1. The van der Waals surface area contributed by atoms with Crippen molar-refractivity contribution in [2.45, 2.75) is 12.1 Å². The number of imide groups is 1. The fourth-order valence-electron chi connectivity index (χ4n) is 4.36. The largest absolute Gasteiger partial charge is 0.497 e. The van der Waals surface area contributed by atoms with Crippen molar-refractivity contribution in [2.24, 2.45) is 0 Å². The van der Waals surface area contributed by atoms with Gasteiger partial charge in [-0.25, -0.2) is 4.79 Å². The molecule has 0 unspecified atom stereocenters. The fourth-order valence-corrected chi connectivity index (χ4v) is 4.36. The molecule has 5 rings (SSSR count). The third-order valence-corrected chi connectivity index (χ3v) is 6.13. The standard InChI is InChI=1S/C25H19N5O4/c1-34-19-7-4-17-13-30(22(31)20(17)11-19)14-25(23(32)28-24(33)29-25)18-5-2-16(3-6-18)21-10-15(12-26)8-9-27-21/h2-11H,13-14H2,1H3,(H2,28,29,32,33)/t25-/m0/s1. The number of rotatable bonds is 5. The van der Waals surface area contributed by atoms with Crippen molar-refractivity contribution in [1.29, 1.82) is 5.26 Å². The molecule has 0 saturated carbocycles. The molecule has 0 radical (unpaired) electrons. The quantitative estimate of drug-likeness (QED) is 0.572. The van der Waals surface area contributed by atoms with Crippen molar-refractivity contribution in [1.82, 2.24) is 20.5 Å². The summed E-state index contributed by atoms with van der Waals surface area (Å²) in [7, 11) is 1.53. The van der Waals surface area contributed by atoms with Crippen LogP contribution in [-0.2, 0) is 16.9 Å². The Balaban J connectivity index is 1.48. The molecule has 0 aliphatic carbocycles. The molecule has 2 N–H and O–H groups in total. The molecular weight excluding hydrogens is 434 g/mol. The molecule has 0 bridgehead atoms. The van der Waals surface area contributed by atoms with Gasteiger partial charge in [-0.05, 0) is 35.4 Å². The summed E-state index contributed by atoms with van der Waals surface area (Å²) < 4.78 is 5.22. The van der Waals surface area contributed by atoms with E-state index < -0.39 is 17.5 Å². The van der Waals surface area contributed by atoms with Gasteiger partial charge < -0.3 is 15.0 Å². The Kier molecular flexibility index (Phi) is 4.98. The minimum absolute atomic E-state index is 0.0398. The van der Waals surface area contributed by atoms with E-state index in [-0.39, 0.29) is 12.5 Å². The SMILES string of the molecule is COc1ccc2c(c1)C(=O)N(C[C@@]1(c3ccc(-c4cc(C#N)ccn4)cc3)NC(=O)NC1=O)C2. The van der Waals surface area contributed by atoms with Gasteiger partial charge in [-0.15, -0.1) is 0 Å². The van der Waals surface area contributed by atoms with E-state index in [1.165, 1.54) is 7.11 Å². The first kappa shape index (κ1) is 21.2. The molecular formula is C25H19N5O4. The summed E-state index contributed by atoms with van der Waals surface area (Å²) in [6.45, 7) is 0.272. The molecule has 34 heavy (non-hydrogen) atoms. The highest BCUT2D eigenvalue weighted by Gasteiger charge is 2.50. The van der Waals surface area contributed by atoms with Crippen LogP contribution in [0.1, 0.15) is 27.0 Å². The molecule has 0 spiro atoms. The van der Waals surface area contributed by atoms with E-state index in [0.717, 1.165) is 11.1 Å². The van der Waals surface area contributed by atoms with Crippen LogP contribution < -0.4 is 15.4 Å². The number of ether oxygens (including phenoxy) is 1. The molecule has 9 heteroatoms. The van der Waals surface area contributed by atoms with Gasteiger partial charge in [0.1, 0.15) is 5.75 Å². The summed E-state index contributed by atoms with van der Waals surface area (Å²) in [6, 6.07) is 17.0. The predicted octanol–water partition coefficient (Wildman–Crippen LogP) is 2.32. The molecule has 4 amide bonds. The van der Waals surface area contributed by atoms with Gasteiger partial charge in [-0.2, -0.15) is 5.26 Å². The summed E-state index contributed by atoms with van der Waals surface area (Å²) in [5, 5.41) is 14.2. The van der Waals surface area contributed by atoms with E-state index in [4.69, 9.17) is 10.00 Å². The Labute approximate surface area is 195 Å². The normalized spacial score (nSPS) is 18.8. The zero-order chi connectivity index (χ0) is 23.9. The first-order valence-electron chi connectivity index (χ1n) is 10.5. The molecule has 1 saturated heterocycles. The van der Waals surface area contributed by atoms with Gasteiger partial charge in [-0.1, -0.05) is 30.3 Å². The van der Waals surface area contributed by atoms with E-state index in [0.29, 0.717) is 34.7 Å². The number of carbonyl (C=O) groups excluding carboxylic acids is 3. The van der Waals surface area contributed by atoms with Crippen LogP contribution >= 0.6 is 0 Å². The highest BCUT2D eigenvalue weighted by molar-refractivity contribution is 6.08. The minimum Gasteiger partial charge on any atom is -0.497 e. The first-order chi connectivity index (χ1) is 16.4. The number of pyridine rings is 1. The van der Waals surface area contributed by atoms with Crippen LogP contribution in [0.5, 0.6) is 5.75 Å². The van der Waals surface area contributed by atoms with E-state index in [9.17, 15) is 14.4 Å². The van der Waals surface area contributed by atoms with Crippen LogP contribution in [0.2, 0.25) is 0 Å². The van der Waals surface area contributed by atoms with Crippen LogP contribution in [0.25, 0.3) is 11.3 Å². The number of hydrogen-bond acceptors (Lipinski definition) is 6. The lowest BCUT2D eigenvalue weighted by Crippen LogP contribution is -2.52. The number of hydrogen-bond donors (Lipinski definition) is 2. The maximum Gasteiger partial charge on any atom is 0.322 e. The number of urea groups is 1. The van der Waals surface area contributed by atoms with Gasteiger partial charge >= 0.3 is 6.03 Å². The second-order valence-corrected chi connectivity index (χ2v) is 8.12. The van der Waals surface area contributed by atoms with Crippen LogP contribution in [0, 0.1) is 11.3 Å². The van der Waals surface area contributed by atoms with Gasteiger partial charge in [0, 0.05) is 23.9 Å². The molecule has 1 aromatic heterocycles. The lowest BCUT2D eigenvalue weighted by atomic mass is 9.88. The van der Waals surface area contributed by atoms with E-state index in [1.54, 1.807) is 59.6 Å². The summed E-state index contributed by atoms with van der Waals surface area (Å²) in [4.78, 5) is 44.1. The van der Waals surface area contributed by atoms with Crippen LogP contribution in [0.3, 0.4) is 0 Å². The number of amides is 4. The Morgan fingerprint density at radius 2 is 1.91 bits per heavy atom. The zero-order valence-electron chi connectivity index (χ0n) is 18.2. The number of nitrogens with zero attached hydrogens (tertiary/aromatic N) is 3. The Hall–Kier alpha value is -4.71. The average molecular weight is 453 g/mol. The van der Waals surface area contributed by atoms with E-state index >= 15 is 0 Å². The summed E-state index contributed by atoms with van der Waals surface area (Å²) >= 11 is 0. The molecule has 9 nitrogen and oxygen atoms in total. The third kappa shape index (κ3) is 3.42. The number of benzene rings is 2. The van der Waals surface area contributed by atoms with Crippen molar-refractivity contribution in [3.63, 3.8) is 0 Å². The van der Waals surface area contributed by atoms with Gasteiger partial charge in [0.05, 0.1) is 31.0 Å². The van der Waals surface area contributed by atoms with Gasteiger partial charge in [0.15, 0.2) is 5.54 Å². The van der Waals surface area contributed by atoms with Crippen molar-refractivity contribution < 1.29 is 19.1 Å². The molecule has 3 aromatic rings. The van der Waals surface area contributed by atoms with Gasteiger partial charge in [0.2, 0.25) is 0 Å². The van der Waals surface area contributed by atoms with Crippen molar-refractivity contribution in [3.8, 4) is 23.1 Å². The number of methoxy groups -OCH3 is 1. The number of carbonyl (C=O) groups is 3. The van der Waals surface area contributed by atoms with E-state index in [2.05, 4.69) is 21.7 Å². The van der Waals surface area contributed by atoms with Gasteiger partial charge in [-0.3, -0.25) is 19.9 Å². The molecule has 1 atom stereocenters.